The standard InChI is InChI=1S/C8H7N3O2/c1-13-8(12)6-4-10-11-5-9-3-2-7(6)11/h2-5H,1H3. The first kappa shape index (κ1) is 7.72. The van der Waals surface area contributed by atoms with Crippen molar-refractivity contribution in [3.05, 3.63) is 30.4 Å². The number of aromatic nitrogens is 3. The highest BCUT2D eigenvalue weighted by Gasteiger charge is 2.11. The molecule has 0 aliphatic rings. The molecule has 5 heteroatoms. The zero-order valence-electron chi connectivity index (χ0n) is 6.97. The van der Waals surface area contributed by atoms with Crippen molar-refractivity contribution in [2.75, 3.05) is 7.11 Å². The maximum atomic E-state index is 11.2. The summed E-state index contributed by atoms with van der Waals surface area (Å²) in [6.45, 7) is 0. The number of esters is 1. The second kappa shape index (κ2) is 2.85. The van der Waals surface area contributed by atoms with Gasteiger partial charge in [0.25, 0.3) is 0 Å². The molecule has 0 bridgehead atoms. The van der Waals surface area contributed by atoms with Gasteiger partial charge >= 0.3 is 5.97 Å². The van der Waals surface area contributed by atoms with Gasteiger partial charge in [-0.15, -0.1) is 0 Å². The van der Waals surface area contributed by atoms with Crippen molar-refractivity contribution < 1.29 is 9.53 Å². The zero-order chi connectivity index (χ0) is 9.26. The molecule has 0 spiro atoms. The van der Waals surface area contributed by atoms with Crippen LogP contribution in [0.2, 0.25) is 0 Å². The van der Waals surface area contributed by atoms with Crippen molar-refractivity contribution >= 4 is 11.5 Å². The summed E-state index contributed by atoms with van der Waals surface area (Å²) in [5.74, 6) is -0.388. The molecule has 0 saturated heterocycles. The van der Waals surface area contributed by atoms with Gasteiger partial charge < -0.3 is 4.74 Å². The Labute approximate surface area is 74.0 Å². The second-order valence-corrected chi connectivity index (χ2v) is 2.46. The van der Waals surface area contributed by atoms with Crippen LogP contribution in [0.3, 0.4) is 0 Å². The third-order valence-electron chi connectivity index (χ3n) is 1.73. The lowest BCUT2D eigenvalue weighted by Gasteiger charge is -1.94. The lowest BCUT2D eigenvalue weighted by Crippen LogP contribution is -2.00. The van der Waals surface area contributed by atoms with E-state index in [2.05, 4.69) is 14.8 Å². The zero-order valence-corrected chi connectivity index (χ0v) is 6.97. The van der Waals surface area contributed by atoms with Gasteiger partial charge in [0.05, 0.1) is 18.8 Å². The third-order valence-corrected chi connectivity index (χ3v) is 1.73. The average molecular weight is 177 g/mol. The fourth-order valence-electron chi connectivity index (χ4n) is 1.11. The molecular weight excluding hydrogens is 170 g/mol. The number of ether oxygens (including phenoxy) is 1. The van der Waals surface area contributed by atoms with Gasteiger partial charge in [0.15, 0.2) is 0 Å². The van der Waals surface area contributed by atoms with Crippen LogP contribution >= 0.6 is 0 Å². The highest BCUT2D eigenvalue weighted by atomic mass is 16.5. The van der Waals surface area contributed by atoms with Crippen LogP contribution in [0.4, 0.5) is 0 Å². The van der Waals surface area contributed by atoms with Crippen LogP contribution in [0.5, 0.6) is 0 Å². The molecule has 0 N–H and O–H groups in total. The molecule has 0 aromatic carbocycles. The largest absolute Gasteiger partial charge is 0.465 e. The smallest absolute Gasteiger partial charge is 0.341 e. The van der Waals surface area contributed by atoms with E-state index < -0.39 is 0 Å². The molecule has 13 heavy (non-hydrogen) atoms. The molecule has 0 saturated carbocycles. The minimum Gasteiger partial charge on any atom is -0.465 e. The number of carbonyl (C=O) groups is 1. The molecule has 0 radical (unpaired) electrons. The number of carbonyl (C=O) groups excluding carboxylic acids is 1. The first-order valence-electron chi connectivity index (χ1n) is 3.68. The number of fused-ring (bicyclic) bond motifs is 1. The Morgan fingerprint density at radius 1 is 1.62 bits per heavy atom. The van der Waals surface area contributed by atoms with Crippen LogP contribution in [-0.2, 0) is 4.74 Å². The van der Waals surface area contributed by atoms with Gasteiger partial charge in [-0.05, 0) is 6.07 Å². The van der Waals surface area contributed by atoms with E-state index in [1.807, 2.05) is 0 Å². The molecule has 5 nitrogen and oxygen atoms in total. The summed E-state index contributed by atoms with van der Waals surface area (Å²) in [5.41, 5.74) is 1.15. The predicted molar refractivity (Wildman–Crippen MR) is 44.3 cm³/mol. The van der Waals surface area contributed by atoms with Crippen molar-refractivity contribution in [3.63, 3.8) is 0 Å². The normalized spacial score (nSPS) is 10.2. The molecule has 0 fully saturated rings. The summed E-state index contributed by atoms with van der Waals surface area (Å²) in [7, 11) is 1.34. The molecule has 0 aliphatic carbocycles. The highest BCUT2D eigenvalue weighted by molar-refractivity contribution is 5.96. The van der Waals surface area contributed by atoms with E-state index in [1.54, 1.807) is 12.3 Å². The van der Waals surface area contributed by atoms with Crippen LogP contribution in [-0.4, -0.2) is 27.7 Å². The van der Waals surface area contributed by atoms with Gasteiger partial charge in [0, 0.05) is 6.20 Å². The molecule has 0 amide bonds. The average Bonchev–Trinajstić information content (AvgIpc) is 2.60. The summed E-state index contributed by atoms with van der Waals surface area (Å²) < 4.78 is 6.11. The summed E-state index contributed by atoms with van der Waals surface area (Å²) in [6, 6.07) is 1.71. The topological polar surface area (TPSA) is 56.5 Å². The Bertz CT molecular complexity index is 449. The molecule has 2 heterocycles. The Balaban J connectivity index is 2.64. The van der Waals surface area contributed by atoms with E-state index in [0.29, 0.717) is 11.1 Å². The Morgan fingerprint density at radius 2 is 2.46 bits per heavy atom. The molecule has 66 valence electrons. The van der Waals surface area contributed by atoms with E-state index in [9.17, 15) is 4.79 Å². The predicted octanol–water partition coefficient (Wildman–Crippen LogP) is 0.516. The number of hydrogen-bond acceptors (Lipinski definition) is 4. The minimum atomic E-state index is -0.388. The second-order valence-electron chi connectivity index (χ2n) is 2.46. The van der Waals surface area contributed by atoms with Gasteiger partial charge in [-0.1, -0.05) is 0 Å². The molecule has 2 aromatic heterocycles. The van der Waals surface area contributed by atoms with Crippen molar-refractivity contribution in [2.24, 2.45) is 0 Å². The van der Waals surface area contributed by atoms with Gasteiger partial charge in [-0.25, -0.2) is 14.3 Å². The van der Waals surface area contributed by atoms with Crippen LogP contribution in [0.15, 0.2) is 24.8 Å². The van der Waals surface area contributed by atoms with E-state index in [-0.39, 0.29) is 5.97 Å². The van der Waals surface area contributed by atoms with Gasteiger partial charge in [0.1, 0.15) is 11.9 Å². The van der Waals surface area contributed by atoms with E-state index in [1.165, 1.54) is 24.1 Å². The van der Waals surface area contributed by atoms with Gasteiger partial charge in [-0.3, -0.25) is 0 Å². The van der Waals surface area contributed by atoms with Crippen LogP contribution in [0, 0.1) is 0 Å². The summed E-state index contributed by atoms with van der Waals surface area (Å²) in [6.07, 6.45) is 4.59. The maximum absolute atomic E-state index is 11.2. The van der Waals surface area contributed by atoms with Gasteiger partial charge in [0.2, 0.25) is 0 Å². The molecule has 0 aliphatic heterocycles. The quantitative estimate of drug-likeness (QED) is 0.596. The first-order valence-corrected chi connectivity index (χ1v) is 3.68. The highest BCUT2D eigenvalue weighted by Crippen LogP contribution is 2.09. The van der Waals surface area contributed by atoms with Crippen molar-refractivity contribution in [3.8, 4) is 0 Å². The number of hydrogen-bond donors (Lipinski definition) is 0. The number of rotatable bonds is 1. The fourth-order valence-corrected chi connectivity index (χ4v) is 1.11. The Kier molecular flexibility index (Phi) is 1.70. The first-order chi connectivity index (χ1) is 6.33. The third kappa shape index (κ3) is 1.14. The van der Waals surface area contributed by atoms with Crippen molar-refractivity contribution in [1.82, 2.24) is 14.6 Å². The molecule has 0 atom stereocenters. The lowest BCUT2D eigenvalue weighted by molar-refractivity contribution is 0.0603. The summed E-state index contributed by atoms with van der Waals surface area (Å²) >= 11 is 0. The van der Waals surface area contributed by atoms with Crippen LogP contribution < -0.4 is 0 Å². The molecular formula is C8H7N3O2. The van der Waals surface area contributed by atoms with Crippen molar-refractivity contribution in [2.45, 2.75) is 0 Å². The maximum Gasteiger partial charge on any atom is 0.341 e. The van der Waals surface area contributed by atoms with E-state index in [0.717, 1.165) is 0 Å². The Morgan fingerprint density at radius 3 is 3.23 bits per heavy atom. The Hall–Kier alpha value is -1.91. The van der Waals surface area contributed by atoms with E-state index >= 15 is 0 Å². The van der Waals surface area contributed by atoms with Crippen LogP contribution in [0.25, 0.3) is 5.52 Å². The molecule has 2 rings (SSSR count). The lowest BCUT2D eigenvalue weighted by atomic mass is 10.3. The fraction of sp³-hybridized carbons (Fsp3) is 0.125. The monoisotopic (exact) mass is 177 g/mol. The summed E-state index contributed by atoms with van der Waals surface area (Å²) in [5, 5.41) is 3.94. The van der Waals surface area contributed by atoms with Crippen molar-refractivity contribution in [1.29, 1.82) is 0 Å². The SMILES string of the molecule is COC(=O)c1cnn2cnccc12. The van der Waals surface area contributed by atoms with Gasteiger partial charge in [-0.2, -0.15) is 5.10 Å². The van der Waals surface area contributed by atoms with Crippen LogP contribution in [0.1, 0.15) is 10.4 Å². The molecule has 2 aromatic rings. The number of nitrogens with zero attached hydrogens (tertiary/aromatic N) is 3. The minimum absolute atomic E-state index is 0.388. The number of methoxy groups -OCH3 is 1. The van der Waals surface area contributed by atoms with E-state index in [4.69, 9.17) is 0 Å². The summed E-state index contributed by atoms with van der Waals surface area (Å²) in [4.78, 5) is 15.1. The molecule has 0 unspecified atom stereocenters.